The van der Waals surface area contributed by atoms with Gasteiger partial charge in [-0.1, -0.05) is 0 Å². The van der Waals surface area contributed by atoms with Gasteiger partial charge in [-0.3, -0.25) is 19.1 Å². The van der Waals surface area contributed by atoms with Crippen LogP contribution in [-0.2, 0) is 21.4 Å². The minimum absolute atomic E-state index is 0.0844. The molecule has 2 heterocycles. The van der Waals surface area contributed by atoms with Gasteiger partial charge in [0.1, 0.15) is 6.54 Å². The highest BCUT2D eigenvalue weighted by Gasteiger charge is 2.21. The largest absolute Gasteiger partial charge is 0.459 e. The van der Waals surface area contributed by atoms with E-state index in [0.717, 1.165) is 5.69 Å². The van der Waals surface area contributed by atoms with Gasteiger partial charge in [0.05, 0.1) is 23.3 Å². The maximum atomic E-state index is 12.2. The highest BCUT2D eigenvalue weighted by molar-refractivity contribution is 5.97. The Labute approximate surface area is 144 Å². The van der Waals surface area contributed by atoms with Crippen LogP contribution >= 0.6 is 0 Å². The summed E-state index contributed by atoms with van der Waals surface area (Å²) < 4.78 is 11.6. The minimum Gasteiger partial charge on any atom is -0.459 e. The molecule has 0 fully saturated rings. The maximum absolute atomic E-state index is 12.2. The van der Waals surface area contributed by atoms with Crippen LogP contribution in [0, 0.1) is 13.8 Å². The van der Waals surface area contributed by atoms with E-state index in [1.165, 1.54) is 19.3 Å². The number of aryl methyl sites for hydroxylation is 2. The molecule has 0 aliphatic rings. The number of carbonyl (C=O) groups excluding carboxylic acids is 3. The molecule has 0 saturated carbocycles. The molecule has 0 saturated heterocycles. The first kappa shape index (κ1) is 18.2. The van der Waals surface area contributed by atoms with Crippen LogP contribution in [0.3, 0.4) is 0 Å². The van der Waals surface area contributed by atoms with Crippen molar-refractivity contribution >= 4 is 23.5 Å². The summed E-state index contributed by atoms with van der Waals surface area (Å²) >= 11 is 0. The molecule has 2 aromatic heterocycles. The van der Waals surface area contributed by atoms with E-state index < -0.39 is 23.9 Å². The lowest BCUT2D eigenvalue weighted by molar-refractivity contribution is -0.152. The molecule has 1 atom stereocenters. The van der Waals surface area contributed by atoms with Crippen LogP contribution in [0.1, 0.15) is 28.9 Å². The number of aromatic nitrogens is 2. The highest BCUT2D eigenvalue weighted by atomic mass is 16.5. The first-order valence-electron chi connectivity index (χ1n) is 7.61. The predicted molar refractivity (Wildman–Crippen MR) is 87.9 cm³/mol. The third kappa shape index (κ3) is 4.46. The van der Waals surface area contributed by atoms with Crippen LogP contribution in [0.25, 0.3) is 0 Å². The lowest BCUT2D eigenvalue weighted by Gasteiger charge is -2.14. The number of ether oxygens (including phenoxy) is 1. The zero-order valence-electron chi connectivity index (χ0n) is 14.5. The van der Waals surface area contributed by atoms with Gasteiger partial charge in [0.15, 0.2) is 11.9 Å². The summed E-state index contributed by atoms with van der Waals surface area (Å²) in [5, 5.41) is 9.23. The van der Waals surface area contributed by atoms with Crippen LogP contribution in [0.4, 0.5) is 5.69 Å². The monoisotopic (exact) mass is 348 g/mol. The average molecular weight is 348 g/mol. The van der Waals surface area contributed by atoms with Gasteiger partial charge in [0.2, 0.25) is 0 Å². The number of carbonyl (C=O) groups is 3. The summed E-state index contributed by atoms with van der Waals surface area (Å²) in [6.07, 6.45) is 0.328. The Morgan fingerprint density at radius 3 is 2.64 bits per heavy atom. The second-order valence-electron chi connectivity index (χ2n) is 5.45. The van der Waals surface area contributed by atoms with E-state index in [1.54, 1.807) is 24.7 Å². The zero-order chi connectivity index (χ0) is 18.6. The fourth-order valence-corrected chi connectivity index (χ4v) is 2.12. The quantitative estimate of drug-likeness (QED) is 0.750. The van der Waals surface area contributed by atoms with Crippen molar-refractivity contribution in [3.8, 4) is 0 Å². The standard InChI is InChI=1S/C16H20N4O5/c1-9-14(10(2)20(4)19-9)18-15(22)11(3)25-13(21)8-17-16(23)12-6-5-7-24-12/h5-7,11H,8H2,1-4H3,(H,17,23)(H,18,22)/t11-/m1/s1. The lowest BCUT2D eigenvalue weighted by atomic mass is 10.3. The summed E-state index contributed by atoms with van der Waals surface area (Å²) in [7, 11) is 1.77. The zero-order valence-corrected chi connectivity index (χ0v) is 14.5. The van der Waals surface area contributed by atoms with Gasteiger partial charge in [-0.25, -0.2) is 0 Å². The molecule has 2 amide bonds. The van der Waals surface area contributed by atoms with Crippen LogP contribution < -0.4 is 10.6 Å². The molecular weight excluding hydrogens is 328 g/mol. The lowest BCUT2D eigenvalue weighted by Crippen LogP contribution is -2.35. The Balaban J connectivity index is 1.84. The first-order chi connectivity index (χ1) is 11.8. The van der Waals surface area contributed by atoms with Crippen LogP contribution in [-0.4, -0.2) is 40.2 Å². The number of anilines is 1. The van der Waals surface area contributed by atoms with Crippen molar-refractivity contribution in [1.82, 2.24) is 15.1 Å². The van der Waals surface area contributed by atoms with E-state index in [1.807, 2.05) is 6.92 Å². The summed E-state index contributed by atoms with van der Waals surface area (Å²) in [6.45, 7) is 4.66. The van der Waals surface area contributed by atoms with Crippen molar-refractivity contribution in [2.24, 2.45) is 7.05 Å². The van der Waals surface area contributed by atoms with E-state index in [0.29, 0.717) is 11.4 Å². The molecule has 0 aliphatic heterocycles. The highest BCUT2D eigenvalue weighted by Crippen LogP contribution is 2.18. The number of furan rings is 1. The molecule has 2 rings (SSSR count). The number of rotatable bonds is 6. The van der Waals surface area contributed by atoms with Gasteiger partial charge < -0.3 is 19.8 Å². The Hall–Kier alpha value is -3.10. The van der Waals surface area contributed by atoms with Gasteiger partial charge in [-0.05, 0) is 32.9 Å². The molecule has 0 aromatic carbocycles. The Kier molecular flexibility index (Phi) is 5.58. The van der Waals surface area contributed by atoms with Gasteiger partial charge in [0.25, 0.3) is 11.8 Å². The normalized spacial score (nSPS) is 11.7. The van der Waals surface area contributed by atoms with Crippen LogP contribution in [0.5, 0.6) is 0 Å². The second kappa shape index (κ2) is 7.65. The number of nitrogens with zero attached hydrogens (tertiary/aromatic N) is 2. The molecule has 9 heteroatoms. The molecule has 0 unspecified atom stereocenters. The minimum atomic E-state index is -1.02. The summed E-state index contributed by atoms with van der Waals surface area (Å²) in [5.74, 6) is -1.67. The molecule has 2 N–H and O–H groups in total. The van der Waals surface area contributed by atoms with Gasteiger partial charge in [-0.2, -0.15) is 5.10 Å². The molecule has 9 nitrogen and oxygen atoms in total. The Morgan fingerprint density at radius 1 is 1.36 bits per heavy atom. The molecule has 0 aliphatic carbocycles. The van der Waals surface area contributed by atoms with Gasteiger partial charge >= 0.3 is 5.97 Å². The predicted octanol–water partition coefficient (Wildman–Crippen LogP) is 0.930. The number of esters is 1. The molecule has 0 spiro atoms. The van der Waals surface area contributed by atoms with Crippen LogP contribution in [0.2, 0.25) is 0 Å². The van der Waals surface area contributed by atoms with E-state index in [-0.39, 0.29) is 12.3 Å². The summed E-state index contributed by atoms with van der Waals surface area (Å²) in [6, 6.07) is 3.03. The van der Waals surface area contributed by atoms with Crippen molar-refractivity contribution in [2.75, 3.05) is 11.9 Å². The van der Waals surface area contributed by atoms with Gasteiger partial charge in [0, 0.05) is 7.05 Å². The second-order valence-corrected chi connectivity index (χ2v) is 5.45. The smallest absolute Gasteiger partial charge is 0.326 e. The van der Waals surface area contributed by atoms with E-state index in [9.17, 15) is 14.4 Å². The molecule has 25 heavy (non-hydrogen) atoms. The van der Waals surface area contributed by atoms with Crippen LogP contribution in [0.15, 0.2) is 22.8 Å². The third-order valence-corrected chi connectivity index (χ3v) is 3.57. The van der Waals surface area contributed by atoms with Crippen molar-refractivity contribution in [2.45, 2.75) is 26.9 Å². The molecule has 0 bridgehead atoms. The van der Waals surface area contributed by atoms with Gasteiger partial charge in [-0.15, -0.1) is 0 Å². The Morgan fingerprint density at radius 2 is 2.08 bits per heavy atom. The third-order valence-electron chi connectivity index (χ3n) is 3.57. The average Bonchev–Trinajstić information content (AvgIpc) is 3.17. The first-order valence-corrected chi connectivity index (χ1v) is 7.61. The summed E-state index contributed by atoms with van der Waals surface area (Å²) in [5.41, 5.74) is 2.04. The molecule has 134 valence electrons. The topological polar surface area (TPSA) is 115 Å². The number of amides is 2. The van der Waals surface area contributed by atoms with Crippen molar-refractivity contribution in [3.63, 3.8) is 0 Å². The molecular formula is C16H20N4O5. The molecule has 2 aromatic rings. The summed E-state index contributed by atoms with van der Waals surface area (Å²) in [4.78, 5) is 35.6. The van der Waals surface area contributed by atoms with Crippen molar-refractivity contribution < 1.29 is 23.5 Å². The van der Waals surface area contributed by atoms with Crippen molar-refractivity contribution in [3.05, 3.63) is 35.5 Å². The SMILES string of the molecule is Cc1nn(C)c(C)c1NC(=O)[C@@H](C)OC(=O)CNC(=O)c1ccco1. The van der Waals surface area contributed by atoms with E-state index >= 15 is 0 Å². The fourth-order valence-electron chi connectivity index (χ4n) is 2.12. The maximum Gasteiger partial charge on any atom is 0.326 e. The Bertz CT molecular complexity index is 779. The number of hydrogen-bond acceptors (Lipinski definition) is 6. The van der Waals surface area contributed by atoms with E-state index in [2.05, 4.69) is 15.7 Å². The van der Waals surface area contributed by atoms with Crippen molar-refractivity contribution in [1.29, 1.82) is 0 Å². The number of nitrogens with one attached hydrogen (secondary N) is 2. The molecule has 0 radical (unpaired) electrons. The fraction of sp³-hybridized carbons (Fsp3) is 0.375. The van der Waals surface area contributed by atoms with E-state index in [4.69, 9.17) is 9.15 Å². The number of hydrogen-bond donors (Lipinski definition) is 2.